The lowest BCUT2D eigenvalue weighted by Crippen LogP contribution is -2.20. The third kappa shape index (κ3) is 4.30. The van der Waals surface area contributed by atoms with Crippen LogP contribution >= 0.6 is 0 Å². The van der Waals surface area contributed by atoms with Crippen molar-refractivity contribution in [2.45, 2.75) is 25.7 Å². The van der Waals surface area contributed by atoms with Crippen LogP contribution in [0.25, 0.3) is 11.5 Å². The second-order valence-electron chi connectivity index (χ2n) is 6.83. The molecule has 2 N–H and O–H groups in total. The van der Waals surface area contributed by atoms with Crippen LogP contribution in [0, 0.1) is 20.8 Å². The Morgan fingerprint density at radius 2 is 1.72 bits per heavy atom. The van der Waals surface area contributed by atoms with Gasteiger partial charge in [-0.3, -0.25) is 14.1 Å². The van der Waals surface area contributed by atoms with Crippen LogP contribution in [-0.2, 0) is 27.1 Å². The van der Waals surface area contributed by atoms with E-state index in [1.165, 1.54) is 10.9 Å². The molecule has 11 heteroatoms. The van der Waals surface area contributed by atoms with E-state index in [1.807, 2.05) is 0 Å². The van der Waals surface area contributed by atoms with Crippen LogP contribution in [0.2, 0.25) is 0 Å². The maximum Gasteiger partial charge on any atom is 0.263 e. The van der Waals surface area contributed by atoms with Crippen molar-refractivity contribution in [1.29, 1.82) is 0 Å². The Bertz CT molecular complexity index is 1270. The van der Waals surface area contributed by atoms with Gasteiger partial charge in [0, 0.05) is 13.1 Å². The quantitative estimate of drug-likeness (QED) is 0.610. The summed E-state index contributed by atoms with van der Waals surface area (Å²) < 4.78 is 61.4. The first-order valence-electron chi connectivity index (χ1n) is 8.58. The van der Waals surface area contributed by atoms with Gasteiger partial charge in [-0.05, 0) is 49.6 Å². The molecule has 0 spiro atoms. The van der Waals surface area contributed by atoms with E-state index in [9.17, 15) is 16.8 Å². The zero-order valence-corrected chi connectivity index (χ0v) is 18.3. The molecule has 0 aliphatic rings. The van der Waals surface area contributed by atoms with Crippen molar-refractivity contribution in [3.63, 3.8) is 0 Å². The Hall–Kier alpha value is -2.79. The molecular formula is C18H22N4O5S2. The molecule has 2 aromatic heterocycles. The molecule has 0 amide bonds. The number of nitrogens with zero attached hydrogens (tertiary/aromatic N) is 2. The zero-order chi connectivity index (χ0) is 21.6. The Balaban J connectivity index is 2.05. The van der Waals surface area contributed by atoms with Crippen LogP contribution in [0.1, 0.15) is 16.7 Å². The van der Waals surface area contributed by atoms with Crippen molar-refractivity contribution in [3.8, 4) is 11.5 Å². The number of hydrogen-bond donors (Lipinski definition) is 2. The van der Waals surface area contributed by atoms with Gasteiger partial charge in [0.15, 0.2) is 5.76 Å². The first kappa shape index (κ1) is 20.9. The highest BCUT2D eigenvalue weighted by Crippen LogP contribution is 2.32. The lowest BCUT2D eigenvalue weighted by atomic mass is 10.1. The number of anilines is 2. The molecule has 2 heterocycles. The largest absolute Gasteiger partial charge is 0.463 e. The second kappa shape index (κ2) is 7.23. The highest BCUT2D eigenvalue weighted by molar-refractivity contribution is 7.93. The number of aromatic nitrogens is 2. The third-order valence-corrected chi connectivity index (χ3v) is 6.57. The van der Waals surface area contributed by atoms with E-state index in [-0.39, 0.29) is 16.4 Å². The summed E-state index contributed by atoms with van der Waals surface area (Å²) in [6, 6.07) is 6.62. The highest BCUT2D eigenvalue weighted by atomic mass is 32.2. The molecule has 0 saturated heterocycles. The number of furan rings is 1. The molecule has 156 valence electrons. The van der Waals surface area contributed by atoms with Gasteiger partial charge in [-0.25, -0.2) is 16.8 Å². The molecule has 0 aliphatic heterocycles. The van der Waals surface area contributed by atoms with Crippen LogP contribution in [0.4, 0.5) is 11.5 Å². The monoisotopic (exact) mass is 438 g/mol. The second-order valence-corrected chi connectivity index (χ2v) is 10.2. The van der Waals surface area contributed by atoms with Crippen LogP contribution in [-0.4, -0.2) is 32.9 Å². The average Bonchev–Trinajstić information content (AvgIpc) is 3.20. The molecule has 0 saturated carbocycles. The summed E-state index contributed by atoms with van der Waals surface area (Å²) in [6.07, 6.45) is 2.52. The molecule has 0 radical (unpaired) electrons. The fraction of sp³-hybridized carbons (Fsp3) is 0.278. The zero-order valence-electron chi connectivity index (χ0n) is 16.6. The topological polar surface area (TPSA) is 123 Å². The van der Waals surface area contributed by atoms with E-state index in [0.29, 0.717) is 28.1 Å². The highest BCUT2D eigenvalue weighted by Gasteiger charge is 2.25. The van der Waals surface area contributed by atoms with Gasteiger partial charge in [-0.2, -0.15) is 5.10 Å². The maximum absolute atomic E-state index is 13.2. The van der Waals surface area contributed by atoms with E-state index >= 15 is 0 Å². The predicted molar refractivity (Wildman–Crippen MR) is 111 cm³/mol. The normalized spacial score (nSPS) is 12.2. The summed E-state index contributed by atoms with van der Waals surface area (Å²) in [6.45, 7) is 4.95. The minimum atomic E-state index is -4.02. The van der Waals surface area contributed by atoms with Gasteiger partial charge < -0.3 is 4.42 Å². The van der Waals surface area contributed by atoms with Gasteiger partial charge in [0.25, 0.3) is 10.0 Å². The van der Waals surface area contributed by atoms with Crippen molar-refractivity contribution in [2.75, 3.05) is 15.7 Å². The molecule has 3 aromatic rings. The van der Waals surface area contributed by atoms with Gasteiger partial charge in [0.1, 0.15) is 11.5 Å². The molecule has 0 fully saturated rings. The number of sulfonamides is 2. The lowest BCUT2D eigenvalue weighted by molar-refractivity contribution is 0.578. The summed E-state index contributed by atoms with van der Waals surface area (Å²) in [5, 5.41) is 4.26. The smallest absolute Gasteiger partial charge is 0.263 e. The van der Waals surface area contributed by atoms with Gasteiger partial charge in [0.2, 0.25) is 10.0 Å². The number of benzene rings is 1. The molecule has 1 aromatic carbocycles. The third-order valence-electron chi connectivity index (χ3n) is 4.35. The van der Waals surface area contributed by atoms with Crippen molar-refractivity contribution in [2.24, 2.45) is 7.05 Å². The Morgan fingerprint density at radius 3 is 2.31 bits per heavy atom. The summed E-state index contributed by atoms with van der Waals surface area (Å²) in [7, 11) is -5.99. The van der Waals surface area contributed by atoms with E-state index in [2.05, 4.69) is 14.5 Å². The van der Waals surface area contributed by atoms with Gasteiger partial charge in [-0.15, -0.1) is 0 Å². The van der Waals surface area contributed by atoms with E-state index in [0.717, 1.165) is 6.26 Å². The summed E-state index contributed by atoms with van der Waals surface area (Å²) in [5.74, 6) is 0.752. The van der Waals surface area contributed by atoms with Gasteiger partial charge in [0.05, 0.1) is 23.1 Å². The molecule has 9 nitrogen and oxygen atoms in total. The van der Waals surface area contributed by atoms with Crippen LogP contribution < -0.4 is 9.44 Å². The molecular weight excluding hydrogens is 416 g/mol. The Kier molecular flexibility index (Phi) is 5.22. The summed E-state index contributed by atoms with van der Waals surface area (Å²) in [5.41, 5.74) is 2.17. The van der Waals surface area contributed by atoms with Gasteiger partial charge >= 0.3 is 0 Å². The molecule has 3 rings (SSSR count). The minimum absolute atomic E-state index is 0.00926. The van der Waals surface area contributed by atoms with E-state index < -0.39 is 20.0 Å². The number of rotatable bonds is 6. The number of hydrogen-bond acceptors (Lipinski definition) is 6. The van der Waals surface area contributed by atoms with Crippen molar-refractivity contribution >= 4 is 31.6 Å². The summed E-state index contributed by atoms with van der Waals surface area (Å²) >= 11 is 0. The summed E-state index contributed by atoms with van der Waals surface area (Å²) in [4.78, 5) is 0.00926. The van der Waals surface area contributed by atoms with Gasteiger partial charge in [-0.1, -0.05) is 6.07 Å². The molecule has 0 aliphatic carbocycles. The Labute approximate surface area is 169 Å². The molecule has 0 atom stereocenters. The SMILES string of the molecule is Cc1cc(C)c(S(=O)(=O)Nc2cc(-c3ccco3)nn2C)c(C)c1NS(C)(=O)=O. The van der Waals surface area contributed by atoms with E-state index in [1.54, 1.807) is 52.1 Å². The first-order valence-corrected chi connectivity index (χ1v) is 12.0. The average molecular weight is 439 g/mol. The van der Waals surface area contributed by atoms with Crippen molar-refractivity contribution in [3.05, 3.63) is 47.2 Å². The minimum Gasteiger partial charge on any atom is -0.463 e. The predicted octanol–water partition coefficient (Wildman–Crippen LogP) is 2.78. The standard InChI is InChI=1S/C18H22N4O5S2/c1-11-9-12(2)18(13(3)17(11)21-28(5,23)24)29(25,26)20-16-10-14(19-22(16)4)15-7-6-8-27-15/h6-10,20-21H,1-5H3. The van der Waals surface area contributed by atoms with E-state index in [4.69, 9.17) is 4.42 Å². The van der Waals surface area contributed by atoms with Crippen molar-refractivity contribution < 1.29 is 21.3 Å². The fourth-order valence-electron chi connectivity index (χ4n) is 3.22. The maximum atomic E-state index is 13.2. The fourth-order valence-corrected chi connectivity index (χ4v) is 5.46. The number of aryl methyl sites for hydroxylation is 3. The van der Waals surface area contributed by atoms with Crippen LogP contribution in [0.5, 0.6) is 0 Å². The first-order chi connectivity index (χ1) is 13.4. The molecule has 0 unspecified atom stereocenters. The van der Waals surface area contributed by atoms with Crippen molar-refractivity contribution in [1.82, 2.24) is 9.78 Å². The lowest BCUT2D eigenvalue weighted by Gasteiger charge is -2.18. The van der Waals surface area contributed by atoms with Crippen LogP contribution in [0.3, 0.4) is 0 Å². The number of nitrogens with one attached hydrogen (secondary N) is 2. The molecule has 0 bridgehead atoms. The molecule has 29 heavy (non-hydrogen) atoms. The van der Waals surface area contributed by atoms with Crippen LogP contribution in [0.15, 0.2) is 39.8 Å². The Morgan fingerprint density at radius 1 is 1.03 bits per heavy atom.